The second kappa shape index (κ2) is 6.49. The highest BCUT2D eigenvalue weighted by molar-refractivity contribution is 7.16. The van der Waals surface area contributed by atoms with Gasteiger partial charge in [-0.3, -0.25) is 9.48 Å². The summed E-state index contributed by atoms with van der Waals surface area (Å²) < 4.78 is 1.77. The molecule has 2 aliphatic rings. The van der Waals surface area contributed by atoms with Crippen molar-refractivity contribution in [1.29, 1.82) is 5.26 Å². The van der Waals surface area contributed by atoms with Crippen molar-refractivity contribution < 1.29 is 4.79 Å². The minimum absolute atomic E-state index is 0.0119. The van der Waals surface area contributed by atoms with Crippen LogP contribution in [0.5, 0.6) is 0 Å². The van der Waals surface area contributed by atoms with Crippen LogP contribution < -0.4 is 5.32 Å². The van der Waals surface area contributed by atoms with Crippen LogP contribution in [0.3, 0.4) is 0 Å². The molecule has 0 aliphatic heterocycles. The number of nitrogens with zero attached hydrogens (tertiary/aromatic N) is 3. The molecule has 1 saturated carbocycles. The highest BCUT2D eigenvalue weighted by atomic mass is 32.1. The van der Waals surface area contributed by atoms with Gasteiger partial charge in [0.1, 0.15) is 11.1 Å². The zero-order chi connectivity index (χ0) is 19.3. The van der Waals surface area contributed by atoms with E-state index in [0.717, 1.165) is 41.8 Å². The largest absolute Gasteiger partial charge is 0.316 e. The molecule has 0 radical (unpaired) electrons. The lowest BCUT2D eigenvalue weighted by Crippen LogP contribution is -2.26. The van der Waals surface area contributed by atoms with Crippen LogP contribution in [-0.2, 0) is 24.7 Å². The van der Waals surface area contributed by atoms with Crippen LogP contribution in [-0.4, -0.2) is 15.7 Å². The number of hydrogen-bond acceptors (Lipinski definition) is 4. The molecule has 27 heavy (non-hydrogen) atoms. The van der Waals surface area contributed by atoms with Gasteiger partial charge in [-0.25, -0.2) is 0 Å². The molecule has 1 amide bonds. The van der Waals surface area contributed by atoms with Crippen LogP contribution in [0.1, 0.15) is 61.1 Å². The van der Waals surface area contributed by atoms with Crippen molar-refractivity contribution in [3.05, 3.63) is 34.0 Å². The first kappa shape index (κ1) is 18.2. The van der Waals surface area contributed by atoms with E-state index >= 15 is 0 Å². The van der Waals surface area contributed by atoms with Crippen molar-refractivity contribution in [1.82, 2.24) is 9.78 Å². The van der Waals surface area contributed by atoms with Crippen molar-refractivity contribution in [2.75, 3.05) is 5.32 Å². The van der Waals surface area contributed by atoms with Gasteiger partial charge in [0, 0.05) is 24.0 Å². The first-order valence-electron chi connectivity index (χ1n) is 9.62. The molecule has 2 aromatic heterocycles. The second-order valence-electron chi connectivity index (χ2n) is 9.01. The smallest absolute Gasteiger partial charge is 0.228 e. The molecule has 0 spiro atoms. The van der Waals surface area contributed by atoms with Gasteiger partial charge in [0.05, 0.1) is 11.8 Å². The Morgan fingerprint density at radius 3 is 2.85 bits per heavy atom. The number of carbonyl (C=O) groups excluding carboxylic acids is 1. The van der Waals surface area contributed by atoms with E-state index in [1.54, 1.807) is 16.0 Å². The molecule has 1 fully saturated rings. The second-order valence-corrected chi connectivity index (χ2v) is 10.1. The van der Waals surface area contributed by atoms with E-state index in [0.29, 0.717) is 11.5 Å². The lowest BCUT2D eigenvalue weighted by Gasteiger charge is -2.33. The molecule has 2 aromatic rings. The number of amides is 1. The first-order chi connectivity index (χ1) is 12.8. The van der Waals surface area contributed by atoms with Crippen LogP contribution >= 0.6 is 11.3 Å². The molecular weight excluding hydrogens is 356 g/mol. The fourth-order valence-corrected chi connectivity index (χ4v) is 5.50. The van der Waals surface area contributed by atoms with E-state index in [4.69, 9.17) is 0 Å². The Hall–Kier alpha value is -2.13. The number of rotatable bonds is 3. The number of fused-ring (bicyclic) bond motifs is 1. The predicted molar refractivity (Wildman–Crippen MR) is 107 cm³/mol. The highest BCUT2D eigenvalue weighted by Gasteiger charge is 2.45. The maximum atomic E-state index is 12.7. The molecular formula is C21H26N4OS. The molecule has 0 unspecified atom stereocenters. The number of aryl methyl sites for hydroxylation is 1. The summed E-state index contributed by atoms with van der Waals surface area (Å²) in [6.45, 7) is 6.86. The molecule has 4 rings (SSSR count). The van der Waals surface area contributed by atoms with Gasteiger partial charge in [0.2, 0.25) is 5.91 Å². The predicted octanol–water partition coefficient (Wildman–Crippen LogP) is 4.25. The summed E-state index contributed by atoms with van der Waals surface area (Å²) in [5.41, 5.74) is 3.24. The third-order valence-corrected chi connectivity index (χ3v) is 7.29. The van der Waals surface area contributed by atoms with Crippen LogP contribution in [0.25, 0.3) is 0 Å². The summed E-state index contributed by atoms with van der Waals surface area (Å²) in [5.74, 6) is 0.898. The third-order valence-electron chi connectivity index (χ3n) is 6.12. The van der Waals surface area contributed by atoms with Crippen molar-refractivity contribution in [2.24, 2.45) is 24.3 Å². The van der Waals surface area contributed by atoms with Crippen LogP contribution in [0, 0.1) is 28.6 Å². The lowest BCUT2D eigenvalue weighted by atomic mass is 9.72. The van der Waals surface area contributed by atoms with Crippen molar-refractivity contribution in [3.8, 4) is 6.07 Å². The number of thiophene rings is 1. The number of hydrogen-bond donors (Lipinski definition) is 1. The van der Waals surface area contributed by atoms with Gasteiger partial charge in [-0.05, 0) is 54.1 Å². The molecule has 5 nitrogen and oxygen atoms in total. The molecule has 2 heterocycles. The van der Waals surface area contributed by atoms with Crippen molar-refractivity contribution in [3.63, 3.8) is 0 Å². The van der Waals surface area contributed by atoms with Gasteiger partial charge in [-0.1, -0.05) is 20.8 Å². The van der Waals surface area contributed by atoms with Gasteiger partial charge >= 0.3 is 0 Å². The molecule has 6 heteroatoms. The molecule has 3 atom stereocenters. The van der Waals surface area contributed by atoms with Crippen LogP contribution in [0.2, 0.25) is 0 Å². The van der Waals surface area contributed by atoms with E-state index in [1.165, 1.54) is 4.88 Å². The fraction of sp³-hybridized carbons (Fsp3) is 0.571. The monoisotopic (exact) mass is 382 g/mol. The summed E-state index contributed by atoms with van der Waals surface area (Å²) in [5, 5.41) is 17.7. The quantitative estimate of drug-likeness (QED) is 0.863. The zero-order valence-electron chi connectivity index (χ0n) is 16.4. The maximum Gasteiger partial charge on any atom is 0.228 e. The van der Waals surface area contributed by atoms with Gasteiger partial charge in [0.25, 0.3) is 0 Å². The van der Waals surface area contributed by atoms with Crippen LogP contribution in [0.15, 0.2) is 12.4 Å². The zero-order valence-corrected chi connectivity index (χ0v) is 17.2. The van der Waals surface area contributed by atoms with E-state index in [9.17, 15) is 10.1 Å². The summed E-state index contributed by atoms with van der Waals surface area (Å²) >= 11 is 1.61. The van der Waals surface area contributed by atoms with Crippen molar-refractivity contribution in [2.45, 2.75) is 52.4 Å². The third kappa shape index (κ3) is 3.41. The number of nitriles is 1. The summed E-state index contributed by atoms with van der Waals surface area (Å²) in [7, 11) is 1.89. The average Bonchev–Trinajstić information content (AvgIpc) is 3.17. The molecule has 1 N–H and O–H groups in total. The van der Waals surface area contributed by atoms with Crippen LogP contribution in [0.4, 0.5) is 5.00 Å². The minimum atomic E-state index is -0.0119. The van der Waals surface area contributed by atoms with Gasteiger partial charge in [0.15, 0.2) is 0 Å². The fourth-order valence-electron chi connectivity index (χ4n) is 4.22. The Balaban J connectivity index is 1.50. The molecule has 142 valence electrons. The Labute approximate surface area is 164 Å². The van der Waals surface area contributed by atoms with Gasteiger partial charge < -0.3 is 5.32 Å². The number of nitrogens with one attached hydrogen (secondary N) is 1. The van der Waals surface area contributed by atoms with Gasteiger partial charge in [-0.2, -0.15) is 10.4 Å². The Morgan fingerprint density at radius 1 is 1.44 bits per heavy atom. The Kier molecular flexibility index (Phi) is 4.38. The van der Waals surface area contributed by atoms with Gasteiger partial charge in [-0.15, -0.1) is 11.3 Å². The van der Waals surface area contributed by atoms with E-state index in [2.05, 4.69) is 37.3 Å². The molecule has 0 saturated heterocycles. The summed E-state index contributed by atoms with van der Waals surface area (Å²) in [6.07, 6.45) is 7.74. The lowest BCUT2D eigenvalue weighted by molar-refractivity contribution is -0.117. The summed E-state index contributed by atoms with van der Waals surface area (Å²) in [6, 6.07) is 2.35. The Bertz CT molecular complexity index is 927. The SMILES string of the molecule is Cn1cc([C@@H]2C[C@H]2C(=O)Nc2sc3c(c2C#N)CC[C@@H](C(C)(C)C)C3)cn1. The maximum absolute atomic E-state index is 12.7. The molecule has 0 aromatic carbocycles. The molecule has 2 aliphatic carbocycles. The number of aromatic nitrogens is 2. The molecule has 0 bridgehead atoms. The highest BCUT2D eigenvalue weighted by Crippen LogP contribution is 2.49. The number of anilines is 1. The first-order valence-corrected chi connectivity index (χ1v) is 10.4. The topological polar surface area (TPSA) is 70.7 Å². The minimum Gasteiger partial charge on any atom is -0.316 e. The average molecular weight is 383 g/mol. The van der Waals surface area contributed by atoms with E-state index < -0.39 is 0 Å². The van der Waals surface area contributed by atoms with E-state index in [-0.39, 0.29) is 23.2 Å². The van der Waals surface area contributed by atoms with Crippen molar-refractivity contribution >= 4 is 22.2 Å². The Morgan fingerprint density at radius 2 is 2.22 bits per heavy atom. The van der Waals surface area contributed by atoms with E-state index in [1.807, 2.05) is 19.4 Å². The standard InChI is InChI=1S/C21H26N4OS/c1-21(2,3)13-5-6-14-17(9-22)20(27-18(14)7-13)24-19(26)16-8-15(16)12-10-23-25(4)11-12/h10-11,13,15-16H,5-8H2,1-4H3,(H,24,26)/t13-,15+,16-/m1/s1. The summed E-state index contributed by atoms with van der Waals surface area (Å²) in [4.78, 5) is 14.0. The normalized spacial score (nSPS) is 24.2. The number of carbonyl (C=O) groups is 1.